The third-order valence-electron chi connectivity index (χ3n) is 4.74. The Kier molecular flexibility index (Phi) is 4.16. The Morgan fingerprint density at radius 1 is 1.16 bits per heavy atom. The van der Waals surface area contributed by atoms with Gasteiger partial charge in [0.25, 0.3) is 0 Å². The van der Waals surface area contributed by atoms with E-state index in [-0.39, 0.29) is 12.3 Å². The molecule has 2 rings (SSSR count). The van der Waals surface area contributed by atoms with Crippen LogP contribution in [0.15, 0.2) is 0 Å². The number of carbonyl (C=O) groups excluding carboxylic acids is 1. The summed E-state index contributed by atoms with van der Waals surface area (Å²) in [5, 5.41) is 9.15. The summed E-state index contributed by atoms with van der Waals surface area (Å²) in [5.74, 6) is -0.207. The van der Waals surface area contributed by atoms with E-state index < -0.39 is 11.4 Å². The maximum absolute atomic E-state index is 12.4. The maximum Gasteiger partial charge on any atom is 0.309 e. The smallest absolute Gasteiger partial charge is 0.309 e. The van der Waals surface area contributed by atoms with E-state index >= 15 is 0 Å². The van der Waals surface area contributed by atoms with E-state index in [2.05, 4.69) is 0 Å². The molecule has 4 heteroatoms. The van der Waals surface area contributed by atoms with E-state index in [1.54, 1.807) is 13.8 Å². The number of rotatable bonds is 3. The van der Waals surface area contributed by atoms with Crippen molar-refractivity contribution in [2.45, 2.75) is 64.8 Å². The lowest BCUT2D eigenvalue weighted by Gasteiger charge is -2.44. The number of piperidine rings is 1. The van der Waals surface area contributed by atoms with E-state index in [4.69, 9.17) is 5.11 Å². The quantitative estimate of drug-likeness (QED) is 0.855. The molecule has 108 valence electrons. The van der Waals surface area contributed by atoms with Crippen molar-refractivity contribution < 1.29 is 14.7 Å². The summed E-state index contributed by atoms with van der Waals surface area (Å²) in [6.07, 6.45) is 7.24. The summed E-state index contributed by atoms with van der Waals surface area (Å²) in [6, 6.07) is 0.375. The molecule has 4 nitrogen and oxygen atoms in total. The SMILES string of the molecule is CC(C)(CC(=O)N1CCC[C@H]2CCCC[C@H]21)C(=O)O. The lowest BCUT2D eigenvalue weighted by molar-refractivity contribution is -0.153. The molecule has 0 bridgehead atoms. The Balaban J connectivity index is 2.03. The van der Waals surface area contributed by atoms with Crippen LogP contribution in [0.2, 0.25) is 0 Å². The first-order valence-electron chi connectivity index (χ1n) is 7.45. The van der Waals surface area contributed by atoms with E-state index in [9.17, 15) is 9.59 Å². The van der Waals surface area contributed by atoms with E-state index in [1.807, 2.05) is 4.90 Å². The van der Waals surface area contributed by atoms with Crippen molar-refractivity contribution in [1.29, 1.82) is 0 Å². The second kappa shape index (κ2) is 5.51. The highest BCUT2D eigenvalue weighted by Crippen LogP contribution is 2.36. The maximum atomic E-state index is 12.4. The van der Waals surface area contributed by atoms with Crippen LogP contribution in [-0.4, -0.2) is 34.5 Å². The van der Waals surface area contributed by atoms with Gasteiger partial charge in [-0.3, -0.25) is 9.59 Å². The molecule has 2 atom stereocenters. The summed E-state index contributed by atoms with van der Waals surface area (Å²) in [7, 11) is 0. The Morgan fingerprint density at radius 3 is 2.47 bits per heavy atom. The summed E-state index contributed by atoms with van der Waals surface area (Å²) in [6.45, 7) is 4.08. The number of carboxylic acids is 1. The fourth-order valence-electron chi connectivity index (χ4n) is 3.49. The van der Waals surface area contributed by atoms with Crippen LogP contribution < -0.4 is 0 Å². The van der Waals surface area contributed by atoms with Crippen molar-refractivity contribution >= 4 is 11.9 Å². The summed E-state index contributed by atoms with van der Waals surface area (Å²) in [5.41, 5.74) is -0.960. The van der Waals surface area contributed by atoms with Crippen LogP contribution in [0.4, 0.5) is 0 Å². The van der Waals surface area contributed by atoms with E-state index in [0.717, 1.165) is 19.4 Å². The molecule has 2 fully saturated rings. The number of fused-ring (bicyclic) bond motifs is 1. The van der Waals surface area contributed by atoms with Gasteiger partial charge in [-0.2, -0.15) is 0 Å². The minimum absolute atomic E-state index is 0.0315. The average Bonchev–Trinajstić information content (AvgIpc) is 2.37. The molecule has 1 amide bonds. The van der Waals surface area contributed by atoms with Gasteiger partial charge in [-0.15, -0.1) is 0 Å². The zero-order valence-electron chi connectivity index (χ0n) is 12.0. The highest BCUT2D eigenvalue weighted by Gasteiger charge is 2.38. The van der Waals surface area contributed by atoms with Crippen LogP contribution in [0.5, 0.6) is 0 Å². The van der Waals surface area contributed by atoms with Crippen molar-refractivity contribution in [3.05, 3.63) is 0 Å². The lowest BCUT2D eigenvalue weighted by Crippen LogP contribution is -2.50. The van der Waals surface area contributed by atoms with Gasteiger partial charge in [0.2, 0.25) is 5.91 Å². The number of hydrogen-bond donors (Lipinski definition) is 1. The van der Waals surface area contributed by atoms with Crippen LogP contribution in [-0.2, 0) is 9.59 Å². The third-order valence-corrected chi connectivity index (χ3v) is 4.74. The second-order valence-electron chi connectivity index (χ2n) is 6.71. The molecule has 1 saturated heterocycles. The lowest BCUT2D eigenvalue weighted by atomic mass is 9.77. The van der Waals surface area contributed by atoms with Gasteiger partial charge in [0, 0.05) is 19.0 Å². The first-order chi connectivity index (χ1) is 8.92. The molecule has 1 saturated carbocycles. The van der Waals surface area contributed by atoms with Crippen LogP contribution >= 0.6 is 0 Å². The molecule has 1 aliphatic carbocycles. The van der Waals surface area contributed by atoms with Crippen molar-refractivity contribution in [1.82, 2.24) is 4.90 Å². The van der Waals surface area contributed by atoms with Gasteiger partial charge in [-0.05, 0) is 45.4 Å². The van der Waals surface area contributed by atoms with Crippen molar-refractivity contribution in [2.75, 3.05) is 6.54 Å². The monoisotopic (exact) mass is 267 g/mol. The normalized spacial score (nSPS) is 27.8. The molecule has 0 aromatic carbocycles. The molecule has 2 aliphatic rings. The van der Waals surface area contributed by atoms with Crippen LogP contribution in [0.3, 0.4) is 0 Å². The van der Waals surface area contributed by atoms with Gasteiger partial charge < -0.3 is 10.0 Å². The minimum Gasteiger partial charge on any atom is -0.481 e. The molecular formula is C15H25NO3. The molecule has 1 heterocycles. The number of carbonyl (C=O) groups is 2. The van der Waals surface area contributed by atoms with Gasteiger partial charge in [-0.25, -0.2) is 0 Å². The van der Waals surface area contributed by atoms with Crippen molar-refractivity contribution in [3.8, 4) is 0 Å². The topological polar surface area (TPSA) is 57.6 Å². The van der Waals surface area contributed by atoms with Gasteiger partial charge in [-0.1, -0.05) is 12.8 Å². The number of likely N-dealkylation sites (tertiary alicyclic amines) is 1. The van der Waals surface area contributed by atoms with Crippen LogP contribution in [0, 0.1) is 11.3 Å². The van der Waals surface area contributed by atoms with Gasteiger partial charge in [0.1, 0.15) is 0 Å². The predicted octanol–water partition coefficient (Wildman–Crippen LogP) is 2.67. The summed E-state index contributed by atoms with van der Waals surface area (Å²) >= 11 is 0. The average molecular weight is 267 g/mol. The molecule has 0 aromatic rings. The Bertz CT molecular complexity index is 362. The Morgan fingerprint density at radius 2 is 1.79 bits per heavy atom. The first kappa shape index (κ1) is 14.4. The summed E-state index contributed by atoms with van der Waals surface area (Å²) in [4.78, 5) is 25.6. The van der Waals surface area contributed by atoms with Gasteiger partial charge in [0.15, 0.2) is 0 Å². The molecule has 0 spiro atoms. The Hall–Kier alpha value is -1.06. The molecule has 19 heavy (non-hydrogen) atoms. The fraction of sp³-hybridized carbons (Fsp3) is 0.867. The van der Waals surface area contributed by atoms with E-state index in [1.165, 1.54) is 25.7 Å². The number of nitrogens with zero attached hydrogens (tertiary/aromatic N) is 1. The minimum atomic E-state index is -0.960. The molecule has 0 unspecified atom stereocenters. The largest absolute Gasteiger partial charge is 0.481 e. The predicted molar refractivity (Wildman–Crippen MR) is 72.7 cm³/mol. The number of carboxylic acid groups (broad SMARTS) is 1. The highest BCUT2D eigenvalue weighted by molar-refractivity contribution is 5.84. The van der Waals surface area contributed by atoms with Crippen molar-refractivity contribution in [2.24, 2.45) is 11.3 Å². The van der Waals surface area contributed by atoms with Crippen molar-refractivity contribution in [3.63, 3.8) is 0 Å². The number of amides is 1. The molecule has 1 N–H and O–H groups in total. The molecule has 1 aliphatic heterocycles. The molecular weight excluding hydrogens is 242 g/mol. The van der Waals surface area contributed by atoms with Gasteiger partial charge in [0.05, 0.1) is 5.41 Å². The highest BCUT2D eigenvalue weighted by atomic mass is 16.4. The molecule has 0 radical (unpaired) electrons. The standard InChI is InChI=1S/C15H25NO3/c1-15(2,14(18)19)10-13(17)16-9-5-7-11-6-3-4-8-12(11)16/h11-12H,3-10H2,1-2H3,(H,18,19)/t11-,12-/m1/s1. The first-order valence-corrected chi connectivity index (χ1v) is 7.45. The zero-order valence-corrected chi connectivity index (χ0v) is 12.0. The Labute approximate surface area is 115 Å². The number of aliphatic carboxylic acids is 1. The second-order valence-corrected chi connectivity index (χ2v) is 6.71. The fourth-order valence-corrected chi connectivity index (χ4v) is 3.49. The zero-order chi connectivity index (χ0) is 14.0. The molecule has 0 aromatic heterocycles. The third kappa shape index (κ3) is 3.10. The van der Waals surface area contributed by atoms with Crippen LogP contribution in [0.1, 0.15) is 58.8 Å². The summed E-state index contributed by atoms with van der Waals surface area (Å²) < 4.78 is 0. The van der Waals surface area contributed by atoms with Gasteiger partial charge >= 0.3 is 5.97 Å². The van der Waals surface area contributed by atoms with E-state index in [0.29, 0.717) is 12.0 Å². The number of hydrogen-bond acceptors (Lipinski definition) is 2. The van der Waals surface area contributed by atoms with Crippen LogP contribution in [0.25, 0.3) is 0 Å².